The molecule has 0 aliphatic carbocycles. The van der Waals surface area contributed by atoms with Crippen LogP contribution in [0, 0.1) is 5.92 Å². The summed E-state index contributed by atoms with van der Waals surface area (Å²) in [5.74, 6) is 3.07. The van der Waals surface area contributed by atoms with E-state index in [2.05, 4.69) is 21.6 Å². The molecule has 2 heterocycles. The fraction of sp³-hybridized carbons (Fsp3) is 0.800. The van der Waals surface area contributed by atoms with Gasteiger partial charge in [-0.15, -0.1) is 0 Å². The Hall–Kier alpha value is -0.130. The van der Waals surface area contributed by atoms with Gasteiger partial charge in [0.1, 0.15) is 5.82 Å². The molecule has 5 heteroatoms. The quantitative estimate of drug-likeness (QED) is 0.823. The Morgan fingerprint density at radius 3 is 2.93 bits per heavy atom. The van der Waals surface area contributed by atoms with Crippen LogP contribution in [-0.4, -0.2) is 28.2 Å². The van der Waals surface area contributed by atoms with E-state index in [1.807, 2.05) is 11.8 Å². The zero-order valence-corrected chi connectivity index (χ0v) is 10.7. The molecule has 1 aromatic rings. The lowest BCUT2D eigenvalue weighted by molar-refractivity contribution is 0.408. The molecule has 15 heavy (non-hydrogen) atoms. The van der Waals surface area contributed by atoms with Crippen molar-refractivity contribution >= 4 is 23.3 Å². The summed E-state index contributed by atoms with van der Waals surface area (Å²) in [4.78, 5) is 4.47. The molecule has 0 aromatic carbocycles. The number of thioether (sulfide) groups is 1. The van der Waals surface area contributed by atoms with Crippen LogP contribution in [0.4, 0.5) is 0 Å². The molecule has 84 valence electrons. The maximum Gasteiger partial charge on any atom is 0.170 e. The van der Waals surface area contributed by atoms with Crippen molar-refractivity contribution in [2.75, 3.05) is 18.8 Å². The lowest BCUT2D eigenvalue weighted by atomic mass is 10.0. The highest BCUT2D eigenvalue weighted by Crippen LogP contribution is 2.25. The minimum absolute atomic E-state index is 0.866. The molecule has 0 bridgehead atoms. The van der Waals surface area contributed by atoms with Crippen LogP contribution >= 0.6 is 23.3 Å². The molecule has 1 saturated heterocycles. The normalized spacial score (nSPS) is 18.2. The molecular weight excluding hydrogens is 226 g/mol. The van der Waals surface area contributed by atoms with Crippen LogP contribution in [-0.2, 0) is 6.42 Å². The van der Waals surface area contributed by atoms with E-state index in [-0.39, 0.29) is 0 Å². The Labute approximate surface area is 99.2 Å². The zero-order valence-electron chi connectivity index (χ0n) is 9.03. The van der Waals surface area contributed by atoms with Crippen molar-refractivity contribution < 1.29 is 0 Å². The molecule has 0 atom stereocenters. The lowest BCUT2D eigenvalue weighted by Crippen LogP contribution is -2.28. The van der Waals surface area contributed by atoms with Gasteiger partial charge in [0.05, 0.1) is 0 Å². The van der Waals surface area contributed by atoms with Crippen LogP contribution < -0.4 is 5.32 Å². The van der Waals surface area contributed by atoms with Gasteiger partial charge < -0.3 is 5.32 Å². The fourth-order valence-electron chi connectivity index (χ4n) is 1.68. The summed E-state index contributed by atoms with van der Waals surface area (Å²) in [5, 5.41) is 3.39. The van der Waals surface area contributed by atoms with Gasteiger partial charge in [0.2, 0.25) is 0 Å². The third-order valence-electron chi connectivity index (χ3n) is 2.67. The van der Waals surface area contributed by atoms with E-state index in [1.54, 1.807) is 11.5 Å². The molecule has 0 radical (unpaired) electrons. The Morgan fingerprint density at radius 1 is 1.47 bits per heavy atom. The van der Waals surface area contributed by atoms with Crippen molar-refractivity contribution in [3.63, 3.8) is 0 Å². The standard InChI is InChI=1S/C10H17N3S2/c1-2-9-12-10(15-13-9)14-7-8-3-5-11-6-4-8/h8,11H,2-7H2,1H3. The van der Waals surface area contributed by atoms with Gasteiger partial charge >= 0.3 is 0 Å². The highest BCUT2D eigenvalue weighted by Gasteiger charge is 2.14. The van der Waals surface area contributed by atoms with Gasteiger partial charge in [-0.05, 0) is 43.4 Å². The van der Waals surface area contributed by atoms with Gasteiger partial charge in [-0.1, -0.05) is 18.7 Å². The molecule has 0 unspecified atom stereocenters. The average molecular weight is 243 g/mol. The van der Waals surface area contributed by atoms with E-state index < -0.39 is 0 Å². The second-order valence-electron chi connectivity index (χ2n) is 3.83. The SMILES string of the molecule is CCc1nsc(SCC2CCNCC2)n1. The third kappa shape index (κ3) is 3.43. The second kappa shape index (κ2) is 5.82. The van der Waals surface area contributed by atoms with Crippen molar-refractivity contribution in [3.05, 3.63) is 5.82 Å². The summed E-state index contributed by atoms with van der Waals surface area (Å²) in [7, 11) is 0. The Morgan fingerprint density at radius 2 is 2.27 bits per heavy atom. The molecule has 1 aromatic heterocycles. The van der Waals surface area contributed by atoms with Gasteiger partial charge in [-0.2, -0.15) is 4.37 Å². The molecule has 1 aliphatic heterocycles. The molecular formula is C10H17N3S2. The second-order valence-corrected chi connectivity index (χ2v) is 5.85. The van der Waals surface area contributed by atoms with Crippen LogP contribution in [0.3, 0.4) is 0 Å². The first-order valence-corrected chi connectivity index (χ1v) is 7.30. The first kappa shape index (κ1) is 11.4. The monoisotopic (exact) mass is 243 g/mol. The van der Waals surface area contributed by atoms with Crippen molar-refractivity contribution in [2.24, 2.45) is 5.92 Å². The Bertz CT molecular complexity index is 295. The van der Waals surface area contributed by atoms with Crippen molar-refractivity contribution in [2.45, 2.75) is 30.5 Å². The van der Waals surface area contributed by atoms with Gasteiger partial charge in [0, 0.05) is 12.2 Å². The number of hydrogen-bond acceptors (Lipinski definition) is 5. The number of aromatic nitrogens is 2. The maximum absolute atomic E-state index is 4.47. The predicted molar refractivity (Wildman–Crippen MR) is 65.6 cm³/mol. The van der Waals surface area contributed by atoms with Crippen LogP contribution in [0.1, 0.15) is 25.6 Å². The molecule has 2 rings (SSSR count). The summed E-state index contributed by atoms with van der Waals surface area (Å²) >= 11 is 3.43. The topological polar surface area (TPSA) is 37.8 Å². The fourth-order valence-corrected chi connectivity index (χ4v) is 3.59. The summed E-state index contributed by atoms with van der Waals surface area (Å²) in [6, 6.07) is 0. The van der Waals surface area contributed by atoms with Gasteiger partial charge in [-0.25, -0.2) is 4.98 Å². The van der Waals surface area contributed by atoms with E-state index in [0.29, 0.717) is 0 Å². The molecule has 0 saturated carbocycles. The minimum atomic E-state index is 0.866. The van der Waals surface area contributed by atoms with E-state index in [1.165, 1.54) is 31.7 Å². The van der Waals surface area contributed by atoms with Crippen LogP contribution in [0.25, 0.3) is 0 Å². The maximum atomic E-state index is 4.47. The Kier molecular flexibility index (Phi) is 4.41. The number of nitrogens with zero attached hydrogens (tertiary/aromatic N) is 2. The number of aryl methyl sites for hydroxylation is 1. The van der Waals surface area contributed by atoms with Crippen molar-refractivity contribution in [1.29, 1.82) is 0 Å². The minimum Gasteiger partial charge on any atom is -0.317 e. The number of hydrogen-bond donors (Lipinski definition) is 1. The molecule has 1 aliphatic rings. The summed E-state index contributed by atoms with van der Waals surface area (Å²) in [5.41, 5.74) is 0. The zero-order chi connectivity index (χ0) is 10.5. The van der Waals surface area contributed by atoms with Gasteiger partial charge in [0.25, 0.3) is 0 Å². The van der Waals surface area contributed by atoms with E-state index in [9.17, 15) is 0 Å². The Balaban J connectivity index is 1.76. The number of piperidine rings is 1. The van der Waals surface area contributed by atoms with Crippen LogP contribution in [0.15, 0.2) is 4.34 Å². The van der Waals surface area contributed by atoms with E-state index in [4.69, 9.17) is 0 Å². The van der Waals surface area contributed by atoms with Crippen molar-refractivity contribution in [3.8, 4) is 0 Å². The smallest absolute Gasteiger partial charge is 0.170 e. The third-order valence-corrected chi connectivity index (χ3v) is 4.77. The molecule has 0 spiro atoms. The molecule has 1 fully saturated rings. The average Bonchev–Trinajstić information content (AvgIpc) is 2.76. The van der Waals surface area contributed by atoms with Crippen molar-refractivity contribution in [1.82, 2.24) is 14.7 Å². The van der Waals surface area contributed by atoms with Crippen LogP contribution in [0.2, 0.25) is 0 Å². The predicted octanol–water partition coefficient (Wildman–Crippen LogP) is 2.19. The summed E-state index contributed by atoms with van der Waals surface area (Å²) in [6.45, 7) is 4.46. The largest absolute Gasteiger partial charge is 0.317 e. The first-order valence-electron chi connectivity index (χ1n) is 5.54. The van der Waals surface area contributed by atoms with Gasteiger partial charge in [0.15, 0.2) is 4.34 Å². The highest BCUT2D eigenvalue weighted by atomic mass is 32.2. The molecule has 1 N–H and O–H groups in total. The molecule has 3 nitrogen and oxygen atoms in total. The molecule has 0 amide bonds. The lowest BCUT2D eigenvalue weighted by Gasteiger charge is -2.21. The summed E-state index contributed by atoms with van der Waals surface area (Å²) < 4.78 is 5.44. The van der Waals surface area contributed by atoms with Crippen LogP contribution in [0.5, 0.6) is 0 Å². The number of nitrogens with one attached hydrogen (secondary N) is 1. The highest BCUT2D eigenvalue weighted by molar-refractivity contribution is 8.00. The van der Waals surface area contributed by atoms with E-state index in [0.717, 1.165) is 22.5 Å². The van der Waals surface area contributed by atoms with E-state index >= 15 is 0 Å². The first-order chi connectivity index (χ1) is 7.38. The summed E-state index contributed by atoms with van der Waals surface area (Å²) in [6.07, 6.45) is 3.57. The van der Waals surface area contributed by atoms with Gasteiger partial charge in [-0.3, -0.25) is 0 Å². The number of rotatable bonds is 4.